The van der Waals surface area contributed by atoms with E-state index in [9.17, 15) is 19.5 Å². The van der Waals surface area contributed by atoms with Crippen molar-refractivity contribution in [1.29, 1.82) is 0 Å². The van der Waals surface area contributed by atoms with E-state index in [1.165, 1.54) is 0 Å². The van der Waals surface area contributed by atoms with Gasteiger partial charge in [-0.25, -0.2) is 4.79 Å². The van der Waals surface area contributed by atoms with Crippen LogP contribution < -0.4 is 40.0 Å². The molecule has 0 aromatic heterocycles. The van der Waals surface area contributed by atoms with Crippen molar-refractivity contribution in [3.63, 3.8) is 0 Å². The molecule has 1 N–H and O–H groups in total. The number of hydrogen-bond acceptors (Lipinski definition) is 6. The van der Waals surface area contributed by atoms with Crippen LogP contribution in [0.5, 0.6) is 0 Å². The summed E-state index contributed by atoms with van der Waals surface area (Å²) in [5, 5.41) is 14.4. The fourth-order valence-corrected chi connectivity index (χ4v) is 2.82. The van der Waals surface area contributed by atoms with Crippen LogP contribution in [0.15, 0.2) is 24.3 Å². The third-order valence-corrected chi connectivity index (χ3v) is 4.52. The van der Waals surface area contributed by atoms with Gasteiger partial charge in [0.05, 0.1) is 0 Å². The summed E-state index contributed by atoms with van der Waals surface area (Å²) in [6.45, 7) is 3.98. The van der Waals surface area contributed by atoms with Crippen LogP contribution in [0.2, 0.25) is 5.02 Å². The van der Waals surface area contributed by atoms with Crippen molar-refractivity contribution in [3.05, 3.63) is 34.9 Å². The molecule has 1 rings (SSSR count). The number of esters is 1. The van der Waals surface area contributed by atoms with Gasteiger partial charge in [0, 0.05) is 36.3 Å². The van der Waals surface area contributed by atoms with Gasteiger partial charge in [-0.15, -0.1) is 0 Å². The molecule has 0 aliphatic rings. The topological polar surface area (TPSA) is 105 Å². The fourth-order valence-electron chi connectivity index (χ4n) is 2.70. The number of alkyl carbamates (subject to hydrolysis) is 1. The van der Waals surface area contributed by atoms with E-state index in [2.05, 4.69) is 5.32 Å². The number of carboxylic acid groups (broad SMARTS) is 1. The summed E-state index contributed by atoms with van der Waals surface area (Å²) in [6, 6.07) is 6.41. The molecule has 1 aromatic rings. The van der Waals surface area contributed by atoms with Crippen molar-refractivity contribution in [2.45, 2.75) is 71.0 Å². The maximum atomic E-state index is 12.0. The molecule has 2 unspecified atom stereocenters. The first-order valence-corrected chi connectivity index (χ1v) is 10.3. The molecule has 162 valence electrons. The van der Waals surface area contributed by atoms with E-state index in [0.29, 0.717) is 23.4 Å². The summed E-state index contributed by atoms with van der Waals surface area (Å²) in [4.78, 5) is 35.2. The summed E-state index contributed by atoms with van der Waals surface area (Å²) in [6.07, 6.45) is 2.40. The minimum Gasteiger partial charge on any atom is -0.549 e. The minimum absolute atomic E-state index is 0. The zero-order valence-electron chi connectivity index (χ0n) is 17.9. The predicted octanol–water partition coefficient (Wildman–Crippen LogP) is 0.544. The van der Waals surface area contributed by atoms with Crippen LogP contribution in [-0.2, 0) is 19.1 Å². The molecule has 0 spiro atoms. The van der Waals surface area contributed by atoms with Crippen molar-refractivity contribution in [3.8, 4) is 0 Å². The molecule has 0 aliphatic heterocycles. The number of carboxylic acids is 1. The first-order chi connectivity index (χ1) is 13.9. The summed E-state index contributed by atoms with van der Waals surface area (Å²) < 4.78 is 10.4. The maximum absolute atomic E-state index is 12.0. The molecule has 0 saturated heterocycles. The Morgan fingerprint density at radius 1 is 1.03 bits per heavy atom. The Morgan fingerprint density at radius 2 is 1.70 bits per heavy atom. The number of unbranched alkanes of at least 4 members (excludes halogenated alkanes) is 2. The first-order valence-electron chi connectivity index (χ1n) is 9.97. The molecule has 7 nitrogen and oxygen atoms in total. The van der Waals surface area contributed by atoms with Gasteiger partial charge in [0.15, 0.2) is 0 Å². The predicted molar refractivity (Wildman–Crippen MR) is 107 cm³/mol. The summed E-state index contributed by atoms with van der Waals surface area (Å²) in [5.41, 5.74) is 0.537. The van der Waals surface area contributed by atoms with Crippen LogP contribution in [0.4, 0.5) is 4.79 Å². The Balaban J connectivity index is 0.00000841. The summed E-state index contributed by atoms with van der Waals surface area (Å²) >= 11 is 5.81. The van der Waals surface area contributed by atoms with Crippen molar-refractivity contribution in [1.82, 2.24) is 5.32 Å². The summed E-state index contributed by atoms with van der Waals surface area (Å²) in [5.74, 6) is -2.53. The van der Waals surface area contributed by atoms with E-state index in [-0.39, 0.29) is 48.9 Å². The third-order valence-electron chi connectivity index (χ3n) is 4.27. The fraction of sp³-hybridized carbons (Fsp3) is 0.571. The quantitative estimate of drug-likeness (QED) is 0.204. The molecular formula is C21H29ClNNaO6. The van der Waals surface area contributed by atoms with Crippen LogP contribution in [0.3, 0.4) is 0 Å². The van der Waals surface area contributed by atoms with Gasteiger partial charge in [-0.2, -0.15) is 0 Å². The van der Waals surface area contributed by atoms with Crippen LogP contribution in [-0.4, -0.2) is 30.9 Å². The maximum Gasteiger partial charge on any atom is 1.00 e. The van der Waals surface area contributed by atoms with Crippen LogP contribution in [0.1, 0.15) is 70.3 Å². The SMILES string of the molecule is CCCCCC(=O)OC(CCC)OC(=O)NCCC(C(=O)[O-])c1ccc(Cl)cc1.[Na+]. The molecule has 0 saturated carbocycles. The van der Waals surface area contributed by atoms with Gasteiger partial charge in [-0.1, -0.05) is 50.4 Å². The zero-order valence-corrected chi connectivity index (χ0v) is 20.7. The Bertz CT molecular complexity index is 655. The Morgan fingerprint density at radius 3 is 2.27 bits per heavy atom. The minimum atomic E-state index is -1.24. The van der Waals surface area contributed by atoms with Crippen LogP contribution in [0, 0.1) is 0 Å². The average Bonchev–Trinajstić information content (AvgIpc) is 2.66. The molecule has 0 heterocycles. The Labute approximate surface area is 205 Å². The molecule has 9 heteroatoms. The van der Waals surface area contributed by atoms with E-state index in [1.807, 2.05) is 13.8 Å². The second-order valence-corrected chi connectivity index (χ2v) is 7.15. The number of aliphatic carboxylic acids is 1. The van der Waals surface area contributed by atoms with E-state index in [4.69, 9.17) is 21.1 Å². The number of carbonyl (C=O) groups excluding carboxylic acids is 3. The standard InChI is InChI=1S/C21H30ClNO6.Na/c1-3-5-6-8-18(24)28-19(7-4-2)29-21(27)23-14-13-17(20(25)26)15-9-11-16(22)12-10-15;/h9-12,17,19H,3-8,13-14H2,1-2H3,(H,23,27)(H,25,26);/q;+1/p-1. The van der Waals surface area contributed by atoms with E-state index >= 15 is 0 Å². The van der Waals surface area contributed by atoms with Crippen molar-refractivity contribution in [2.75, 3.05) is 6.54 Å². The second kappa shape index (κ2) is 16.4. The van der Waals surface area contributed by atoms with Gasteiger partial charge in [0.2, 0.25) is 6.29 Å². The molecule has 0 fully saturated rings. The van der Waals surface area contributed by atoms with Gasteiger partial charge in [0.1, 0.15) is 0 Å². The van der Waals surface area contributed by atoms with E-state index in [0.717, 1.165) is 19.3 Å². The zero-order chi connectivity index (χ0) is 21.6. The van der Waals surface area contributed by atoms with Gasteiger partial charge in [0.25, 0.3) is 0 Å². The Kier molecular flexibility index (Phi) is 15.7. The van der Waals surface area contributed by atoms with Crippen molar-refractivity contribution in [2.24, 2.45) is 0 Å². The van der Waals surface area contributed by atoms with Gasteiger partial charge < -0.3 is 24.7 Å². The number of hydrogen-bond donors (Lipinski definition) is 1. The Hall–Kier alpha value is -1.28. The summed E-state index contributed by atoms with van der Waals surface area (Å²) in [7, 11) is 0. The molecule has 1 aromatic carbocycles. The monoisotopic (exact) mass is 449 g/mol. The number of nitrogens with one attached hydrogen (secondary N) is 1. The van der Waals surface area contributed by atoms with Crippen LogP contribution in [0.25, 0.3) is 0 Å². The van der Waals surface area contributed by atoms with Gasteiger partial charge in [-0.05, 0) is 37.0 Å². The van der Waals surface area contributed by atoms with Crippen molar-refractivity contribution < 1.29 is 58.5 Å². The molecule has 1 amide bonds. The average molecular weight is 450 g/mol. The first kappa shape index (κ1) is 28.7. The molecule has 30 heavy (non-hydrogen) atoms. The van der Waals surface area contributed by atoms with Crippen molar-refractivity contribution >= 4 is 29.6 Å². The number of amides is 1. The molecule has 2 atom stereocenters. The molecule has 0 bridgehead atoms. The smallest absolute Gasteiger partial charge is 0.549 e. The number of ether oxygens (including phenoxy) is 2. The van der Waals surface area contributed by atoms with Crippen LogP contribution >= 0.6 is 11.6 Å². The number of benzene rings is 1. The second-order valence-electron chi connectivity index (χ2n) is 6.71. The molecule has 0 aliphatic carbocycles. The molecular weight excluding hydrogens is 421 g/mol. The largest absolute Gasteiger partial charge is 1.00 e. The molecule has 0 radical (unpaired) electrons. The normalized spacial score (nSPS) is 12.2. The number of rotatable bonds is 13. The number of carbonyl (C=O) groups is 3. The van der Waals surface area contributed by atoms with E-state index in [1.54, 1.807) is 24.3 Å². The van der Waals surface area contributed by atoms with Gasteiger partial charge >= 0.3 is 41.6 Å². The third kappa shape index (κ3) is 11.8. The number of halogens is 1. The van der Waals surface area contributed by atoms with E-state index < -0.39 is 30.2 Å². The van der Waals surface area contributed by atoms with Gasteiger partial charge in [-0.3, -0.25) is 4.79 Å².